The van der Waals surface area contributed by atoms with Gasteiger partial charge in [0, 0.05) is 51.9 Å². The Kier molecular flexibility index (Phi) is 7.31. The van der Waals surface area contributed by atoms with Crippen LogP contribution in [0.15, 0.2) is 24.3 Å². The maximum Gasteiger partial charge on any atom is 0.242 e. The van der Waals surface area contributed by atoms with Crippen LogP contribution in [0, 0.1) is 6.92 Å². The van der Waals surface area contributed by atoms with Gasteiger partial charge in [0.25, 0.3) is 0 Å². The molecular weight excluding hydrogens is 352 g/mol. The molecular formula is C22H34N4O2. The number of piperazine rings is 1. The number of unbranched alkanes of at least 4 members (excludes halogenated alkanes) is 1. The minimum Gasteiger partial charge on any atom is -0.369 e. The van der Waals surface area contributed by atoms with E-state index in [0.29, 0.717) is 13.1 Å². The summed E-state index contributed by atoms with van der Waals surface area (Å²) in [6, 6.07) is 8.47. The van der Waals surface area contributed by atoms with Crippen LogP contribution in [0.5, 0.6) is 0 Å². The lowest BCUT2D eigenvalue weighted by molar-refractivity contribution is -0.136. The first-order valence-electron chi connectivity index (χ1n) is 10.6. The summed E-state index contributed by atoms with van der Waals surface area (Å²) in [5.41, 5.74) is 2.64. The highest BCUT2D eigenvalue weighted by Crippen LogP contribution is 2.18. The van der Waals surface area contributed by atoms with Crippen LogP contribution in [0.2, 0.25) is 0 Å². The quantitative estimate of drug-likeness (QED) is 0.729. The third-order valence-corrected chi connectivity index (χ3v) is 5.90. The van der Waals surface area contributed by atoms with Crippen molar-refractivity contribution in [2.24, 2.45) is 0 Å². The highest BCUT2D eigenvalue weighted by Gasteiger charge is 2.31. The van der Waals surface area contributed by atoms with Crippen molar-refractivity contribution in [1.29, 1.82) is 0 Å². The van der Waals surface area contributed by atoms with Gasteiger partial charge in [0.1, 0.15) is 6.04 Å². The van der Waals surface area contributed by atoms with E-state index in [1.165, 1.54) is 11.3 Å². The van der Waals surface area contributed by atoms with Crippen LogP contribution in [0.25, 0.3) is 0 Å². The second kappa shape index (κ2) is 9.92. The summed E-state index contributed by atoms with van der Waals surface area (Å²) in [6.07, 6.45) is 3.78. The standard InChI is InChI=1S/C22H34N4O2/c1-18-7-5-8-20(17-18)25-15-13-24(14-16-25)11-4-3-10-23-22(28)21-9-6-12-26(21)19(2)27/h5,7-8,17,21H,3-4,6,9-16H2,1-2H3,(H,23,28)/t21-/m0/s1. The summed E-state index contributed by atoms with van der Waals surface area (Å²) in [5, 5.41) is 3.02. The van der Waals surface area contributed by atoms with Gasteiger partial charge >= 0.3 is 0 Å². The average molecular weight is 387 g/mol. The van der Waals surface area contributed by atoms with Crippen molar-refractivity contribution in [1.82, 2.24) is 15.1 Å². The minimum absolute atomic E-state index is 0.00227. The molecule has 0 saturated carbocycles. The molecule has 2 heterocycles. The van der Waals surface area contributed by atoms with Gasteiger partial charge in [-0.15, -0.1) is 0 Å². The van der Waals surface area contributed by atoms with Crippen LogP contribution in [0.4, 0.5) is 5.69 Å². The summed E-state index contributed by atoms with van der Waals surface area (Å²) in [5.74, 6) is 0.0157. The Bertz CT molecular complexity index is 670. The molecule has 3 rings (SSSR count). The zero-order chi connectivity index (χ0) is 19.9. The predicted molar refractivity (Wildman–Crippen MR) is 112 cm³/mol. The van der Waals surface area contributed by atoms with Gasteiger partial charge in [-0.3, -0.25) is 14.5 Å². The zero-order valence-corrected chi connectivity index (χ0v) is 17.3. The largest absolute Gasteiger partial charge is 0.369 e. The Balaban J connectivity index is 1.29. The number of nitrogens with one attached hydrogen (secondary N) is 1. The third kappa shape index (κ3) is 5.47. The fourth-order valence-electron chi connectivity index (χ4n) is 4.26. The van der Waals surface area contributed by atoms with Crippen molar-refractivity contribution in [3.63, 3.8) is 0 Å². The maximum absolute atomic E-state index is 12.3. The fourth-order valence-corrected chi connectivity index (χ4v) is 4.26. The number of hydrogen-bond acceptors (Lipinski definition) is 4. The molecule has 1 atom stereocenters. The van der Waals surface area contributed by atoms with Gasteiger partial charge in [-0.1, -0.05) is 12.1 Å². The number of rotatable bonds is 7. The van der Waals surface area contributed by atoms with Crippen LogP contribution in [0.1, 0.15) is 38.2 Å². The molecule has 1 N–H and O–H groups in total. The molecule has 0 radical (unpaired) electrons. The van der Waals surface area contributed by atoms with Crippen LogP contribution in [0.3, 0.4) is 0 Å². The van der Waals surface area contributed by atoms with Crippen LogP contribution < -0.4 is 10.2 Å². The van der Waals surface area contributed by atoms with E-state index in [9.17, 15) is 9.59 Å². The molecule has 2 amide bonds. The lowest BCUT2D eigenvalue weighted by Gasteiger charge is -2.36. The van der Waals surface area contributed by atoms with E-state index in [1.54, 1.807) is 11.8 Å². The van der Waals surface area contributed by atoms with Gasteiger partial charge in [-0.2, -0.15) is 0 Å². The molecule has 1 aromatic carbocycles. The van der Waals surface area contributed by atoms with Crippen molar-refractivity contribution in [3.05, 3.63) is 29.8 Å². The number of amides is 2. The molecule has 0 unspecified atom stereocenters. The maximum atomic E-state index is 12.3. The second-order valence-corrected chi connectivity index (χ2v) is 8.04. The Hall–Kier alpha value is -2.08. The number of aryl methyl sites for hydroxylation is 1. The molecule has 154 valence electrons. The number of benzene rings is 1. The molecule has 0 aromatic heterocycles. The number of anilines is 1. The topological polar surface area (TPSA) is 55.9 Å². The van der Waals surface area contributed by atoms with Gasteiger partial charge in [-0.05, 0) is 56.8 Å². The van der Waals surface area contributed by atoms with Crippen molar-refractivity contribution in [2.45, 2.75) is 45.6 Å². The first-order valence-corrected chi connectivity index (χ1v) is 10.6. The number of likely N-dealkylation sites (tertiary alicyclic amines) is 1. The van der Waals surface area contributed by atoms with E-state index < -0.39 is 0 Å². The molecule has 1 aromatic rings. The van der Waals surface area contributed by atoms with Crippen LogP contribution in [-0.4, -0.2) is 73.5 Å². The third-order valence-electron chi connectivity index (χ3n) is 5.90. The second-order valence-electron chi connectivity index (χ2n) is 8.04. The molecule has 2 fully saturated rings. The summed E-state index contributed by atoms with van der Waals surface area (Å²) in [6.45, 7) is 10.5. The minimum atomic E-state index is -0.257. The van der Waals surface area contributed by atoms with Gasteiger partial charge in [0.05, 0.1) is 0 Å². The first-order chi connectivity index (χ1) is 13.5. The normalized spacial score (nSPS) is 20.4. The SMILES string of the molecule is CC(=O)N1CCC[C@H]1C(=O)NCCCCN1CCN(c2cccc(C)c2)CC1. The molecule has 2 saturated heterocycles. The van der Waals surface area contributed by atoms with Crippen LogP contribution in [-0.2, 0) is 9.59 Å². The Morgan fingerprint density at radius 3 is 2.61 bits per heavy atom. The highest BCUT2D eigenvalue weighted by atomic mass is 16.2. The molecule has 6 nitrogen and oxygen atoms in total. The molecule has 28 heavy (non-hydrogen) atoms. The van der Waals surface area contributed by atoms with Gasteiger partial charge < -0.3 is 15.1 Å². The van der Waals surface area contributed by atoms with Crippen LogP contribution >= 0.6 is 0 Å². The summed E-state index contributed by atoms with van der Waals surface area (Å²) in [4.78, 5) is 30.6. The van der Waals surface area contributed by atoms with E-state index in [2.05, 4.69) is 46.3 Å². The van der Waals surface area contributed by atoms with Crippen molar-refractivity contribution >= 4 is 17.5 Å². The molecule has 0 bridgehead atoms. The lowest BCUT2D eigenvalue weighted by Crippen LogP contribution is -2.47. The number of hydrogen-bond donors (Lipinski definition) is 1. The van der Waals surface area contributed by atoms with Gasteiger partial charge in [0.15, 0.2) is 0 Å². The number of carbonyl (C=O) groups excluding carboxylic acids is 2. The van der Waals surface area contributed by atoms with Crippen molar-refractivity contribution in [2.75, 3.05) is 50.7 Å². The molecule has 6 heteroatoms. The number of carbonyl (C=O) groups is 2. The monoisotopic (exact) mass is 386 g/mol. The van der Waals surface area contributed by atoms with E-state index >= 15 is 0 Å². The summed E-state index contributed by atoms with van der Waals surface area (Å²) < 4.78 is 0. The Morgan fingerprint density at radius 1 is 1.11 bits per heavy atom. The summed E-state index contributed by atoms with van der Waals surface area (Å²) >= 11 is 0. The van der Waals surface area contributed by atoms with E-state index in [4.69, 9.17) is 0 Å². The lowest BCUT2D eigenvalue weighted by atomic mass is 10.2. The van der Waals surface area contributed by atoms with Crippen molar-refractivity contribution in [3.8, 4) is 0 Å². The zero-order valence-electron chi connectivity index (χ0n) is 17.3. The molecule has 0 spiro atoms. The van der Waals surface area contributed by atoms with Gasteiger partial charge in [0.2, 0.25) is 11.8 Å². The van der Waals surface area contributed by atoms with E-state index in [-0.39, 0.29) is 17.9 Å². The smallest absolute Gasteiger partial charge is 0.242 e. The van der Waals surface area contributed by atoms with E-state index in [1.807, 2.05) is 0 Å². The Morgan fingerprint density at radius 2 is 1.89 bits per heavy atom. The Labute approximate surface area is 168 Å². The number of nitrogens with zero attached hydrogens (tertiary/aromatic N) is 3. The van der Waals surface area contributed by atoms with Gasteiger partial charge in [-0.25, -0.2) is 0 Å². The van der Waals surface area contributed by atoms with Crippen molar-refractivity contribution < 1.29 is 9.59 Å². The average Bonchev–Trinajstić information content (AvgIpc) is 3.18. The molecule has 2 aliphatic rings. The summed E-state index contributed by atoms with van der Waals surface area (Å²) in [7, 11) is 0. The first kappa shape index (κ1) is 20.6. The fraction of sp³-hybridized carbons (Fsp3) is 0.636. The van der Waals surface area contributed by atoms with E-state index in [0.717, 1.165) is 58.4 Å². The molecule has 2 aliphatic heterocycles. The predicted octanol–water partition coefficient (Wildman–Crippen LogP) is 2.02. The molecule has 0 aliphatic carbocycles. The highest BCUT2D eigenvalue weighted by molar-refractivity contribution is 5.87.